The highest BCUT2D eigenvalue weighted by atomic mass is 79.9. The molecule has 0 saturated carbocycles. The number of carbonyl (C=O) groups excluding carboxylic acids is 1. The molecule has 250 valence electrons. The van der Waals surface area contributed by atoms with E-state index >= 15 is 0 Å². The number of nitrogens with two attached hydrogens (primary N) is 1. The second-order valence-electron chi connectivity index (χ2n) is 9.67. The third kappa shape index (κ3) is 14.8. The lowest BCUT2D eigenvalue weighted by molar-refractivity contribution is -0.153. The maximum atomic E-state index is 13.7. The molecular formula is C28H35Br2F6NO6S. The lowest BCUT2D eigenvalue weighted by atomic mass is 10.1. The first-order valence-electron chi connectivity index (χ1n) is 13.0. The maximum Gasteiger partial charge on any atom is 0.416 e. The number of hydrogen-bond acceptors (Lipinski definition) is 8. The second-order valence-corrected chi connectivity index (χ2v) is 12.5. The van der Waals surface area contributed by atoms with E-state index in [9.17, 15) is 31.1 Å². The summed E-state index contributed by atoms with van der Waals surface area (Å²) < 4.78 is 108. The van der Waals surface area contributed by atoms with Crippen LogP contribution >= 0.6 is 43.6 Å². The molecule has 44 heavy (non-hydrogen) atoms. The molecule has 0 spiro atoms. The predicted molar refractivity (Wildman–Crippen MR) is 160 cm³/mol. The van der Waals surface area contributed by atoms with Crippen LogP contribution in [0.25, 0.3) is 0 Å². The molecule has 2 aromatic rings. The fraction of sp³-hybridized carbons (Fsp3) is 0.536. The summed E-state index contributed by atoms with van der Waals surface area (Å²) >= 11 is 7.04. The topological polar surface area (TPSA) is 89.2 Å². The van der Waals surface area contributed by atoms with Gasteiger partial charge < -0.3 is 29.4 Å². The number of carbonyl (C=O) groups is 1. The highest BCUT2D eigenvalue weighted by Crippen LogP contribution is 2.43. The Morgan fingerprint density at radius 1 is 0.750 bits per heavy atom. The van der Waals surface area contributed by atoms with Gasteiger partial charge in [-0.3, -0.25) is 4.79 Å². The summed E-state index contributed by atoms with van der Waals surface area (Å²) in [5, 5.41) is 0. The zero-order valence-electron chi connectivity index (χ0n) is 24.7. The third-order valence-corrected chi connectivity index (χ3v) is 7.36. The number of ether oxygens (including phenoxy) is 5. The molecule has 0 saturated heterocycles. The highest BCUT2D eigenvalue weighted by Gasteiger charge is 2.36. The van der Waals surface area contributed by atoms with Gasteiger partial charge in [0.15, 0.2) is 0 Å². The lowest BCUT2D eigenvalue weighted by Crippen LogP contribution is -2.28. The Kier molecular flexibility index (Phi) is 17.2. The van der Waals surface area contributed by atoms with E-state index in [0.717, 1.165) is 23.9 Å². The number of benzene rings is 2. The van der Waals surface area contributed by atoms with Crippen LogP contribution < -0.4 is 5.73 Å². The van der Waals surface area contributed by atoms with Crippen LogP contribution in [0.15, 0.2) is 43.0 Å². The van der Waals surface area contributed by atoms with Crippen molar-refractivity contribution in [1.82, 2.24) is 0 Å². The van der Waals surface area contributed by atoms with Crippen molar-refractivity contribution in [2.45, 2.75) is 75.6 Å². The first kappa shape index (κ1) is 40.6. The number of halogens is 8. The van der Waals surface area contributed by atoms with Crippen molar-refractivity contribution in [3.05, 3.63) is 55.5 Å². The van der Waals surface area contributed by atoms with Gasteiger partial charge in [-0.25, -0.2) is 0 Å². The Labute approximate surface area is 273 Å². The first-order valence-corrected chi connectivity index (χ1v) is 15.4. The van der Waals surface area contributed by atoms with E-state index in [1.165, 1.54) is 12.1 Å². The maximum absolute atomic E-state index is 13.7. The molecule has 0 heterocycles. The summed E-state index contributed by atoms with van der Waals surface area (Å²) in [6, 6.07) is 4.57. The minimum Gasteiger partial charge on any atom is -0.459 e. The Morgan fingerprint density at radius 2 is 1.14 bits per heavy atom. The van der Waals surface area contributed by atoms with E-state index in [1.807, 2.05) is 0 Å². The van der Waals surface area contributed by atoms with E-state index in [0.29, 0.717) is 13.2 Å². The number of alkyl halides is 6. The van der Waals surface area contributed by atoms with Crippen molar-refractivity contribution in [2.24, 2.45) is 5.73 Å². The van der Waals surface area contributed by atoms with Gasteiger partial charge in [0.2, 0.25) is 0 Å². The van der Waals surface area contributed by atoms with Crippen LogP contribution in [0.2, 0.25) is 0 Å². The van der Waals surface area contributed by atoms with Crippen molar-refractivity contribution in [1.29, 1.82) is 0 Å². The van der Waals surface area contributed by atoms with E-state index in [4.69, 9.17) is 29.4 Å². The molecule has 0 unspecified atom stereocenters. The summed E-state index contributed by atoms with van der Waals surface area (Å²) in [7, 11) is 0. The Morgan fingerprint density at radius 3 is 1.41 bits per heavy atom. The van der Waals surface area contributed by atoms with Crippen molar-refractivity contribution in [2.75, 3.05) is 33.3 Å². The summed E-state index contributed by atoms with van der Waals surface area (Å²) in [4.78, 5) is 10.7. The van der Waals surface area contributed by atoms with Crippen LogP contribution in [-0.2, 0) is 54.0 Å². The molecule has 2 rings (SSSR count). The van der Waals surface area contributed by atoms with Gasteiger partial charge in [0.25, 0.3) is 0 Å². The van der Waals surface area contributed by atoms with Gasteiger partial charge in [0.05, 0.1) is 30.9 Å². The molecular weight excluding hydrogens is 752 g/mol. The van der Waals surface area contributed by atoms with Gasteiger partial charge in [-0.1, -0.05) is 43.6 Å². The van der Waals surface area contributed by atoms with Gasteiger partial charge >= 0.3 is 18.3 Å². The van der Waals surface area contributed by atoms with Crippen LogP contribution in [0.3, 0.4) is 0 Å². The van der Waals surface area contributed by atoms with Gasteiger partial charge in [-0.15, -0.1) is 0 Å². The zero-order valence-corrected chi connectivity index (χ0v) is 28.7. The molecule has 2 aromatic carbocycles. The molecule has 16 heteroatoms. The molecule has 0 fully saturated rings. The average molecular weight is 787 g/mol. The van der Waals surface area contributed by atoms with Crippen molar-refractivity contribution < 1.29 is 54.8 Å². The Bertz CT molecular complexity index is 1130. The van der Waals surface area contributed by atoms with Crippen LogP contribution in [-0.4, -0.2) is 44.9 Å². The van der Waals surface area contributed by atoms with E-state index < -0.39 is 29.1 Å². The summed E-state index contributed by atoms with van der Waals surface area (Å²) in [5.41, 5.74) is 2.41. The summed E-state index contributed by atoms with van der Waals surface area (Å²) in [6.07, 6.45) is -9.41. The molecule has 0 aliphatic rings. The minimum absolute atomic E-state index is 0.0444. The third-order valence-electron chi connectivity index (χ3n) is 5.01. The Balaban J connectivity index is 0.000000930. The van der Waals surface area contributed by atoms with Gasteiger partial charge in [0.1, 0.15) is 19.2 Å². The fourth-order valence-corrected chi connectivity index (χ4v) is 5.66. The van der Waals surface area contributed by atoms with Crippen molar-refractivity contribution in [3.8, 4) is 0 Å². The van der Waals surface area contributed by atoms with Crippen LogP contribution in [0, 0.1) is 0 Å². The van der Waals surface area contributed by atoms with Crippen molar-refractivity contribution >= 4 is 49.6 Å². The Hall–Kier alpha value is -1.40. The van der Waals surface area contributed by atoms with Crippen LogP contribution in [0.4, 0.5) is 26.3 Å². The summed E-state index contributed by atoms with van der Waals surface area (Å²) in [6.45, 7) is 8.42. The molecule has 0 aromatic heterocycles. The van der Waals surface area contributed by atoms with Crippen molar-refractivity contribution in [3.63, 3.8) is 0 Å². The number of hydrogen-bond donors (Lipinski definition) is 1. The standard InChI is InChI=1S/C22H22Br2F6O4S.C6H13NO2/c1-3-31-11-33-9-15-17(21(25,26)27)5-13(7-19(15)23)35-14-6-18(22(28,29)30)16(20(24)8-14)10-34-12-32-4-2;1-6(2,3)9-5(8)4-7/h5-8H,3-4,9-12H2,1-2H3;4,7H2,1-3H3. The van der Waals surface area contributed by atoms with E-state index in [2.05, 4.69) is 31.9 Å². The molecule has 2 N–H and O–H groups in total. The van der Waals surface area contributed by atoms with Gasteiger partial charge in [0, 0.05) is 43.1 Å². The molecule has 0 amide bonds. The fourth-order valence-electron chi connectivity index (χ4n) is 3.23. The largest absolute Gasteiger partial charge is 0.459 e. The minimum atomic E-state index is -4.71. The van der Waals surface area contributed by atoms with Gasteiger partial charge in [-0.05, 0) is 58.9 Å². The molecule has 7 nitrogen and oxygen atoms in total. The number of esters is 1. The van der Waals surface area contributed by atoms with Crippen LogP contribution in [0.1, 0.15) is 56.9 Å². The molecule has 0 radical (unpaired) electrons. The monoisotopic (exact) mass is 785 g/mol. The molecule has 0 atom stereocenters. The molecule has 0 bridgehead atoms. The smallest absolute Gasteiger partial charge is 0.416 e. The quantitative estimate of drug-likeness (QED) is 0.0935. The first-order chi connectivity index (χ1) is 20.3. The second kappa shape index (κ2) is 18.7. The van der Waals surface area contributed by atoms with Gasteiger partial charge in [-0.2, -0.15) is 26.3 Å². The highest BCUT2D eigenvalue weighted by molar-refractivity contribution is 9.10. The van der Waals surface area contributed by atoms with E-state index in [1.54, 1.807) is 34.6 Å². The molecule has 0 aliphatic carbocycles. The lowest BCUT2D eigenvalue weighted by Gasteiger charge is -2.18. The number of rotatable bonds is 13. The van der Waals surface area contributed by atoms with Crippen LogP contribution in [0.5, 0.6) is 0 Å². The van der Waals surface area contributed by atoms with E-state index in [-0.39, 0.29) is 69.2 Å². The zero-order chi connectivity index (χ0) is 33.7. The average Bonchev–Trinajstić information content (AvgIpc) is 2.88. The normalized spacial score (nSPS) is 12.1. The summed E-state index contributed by atoms with van der Waals surface area (Å²) in [5.74, 6) is -0.359. The molecule has 0 aliphatic heterocycles. The SMILES string of the molecule is CC(C)(C)OC(=O)CN.CCOCOCc1c(Br)cc(Sc2cc(Br)c(COCOCC)c(C(F)(F)F)c2)cc1C(F)(F)F. The predicted octanol–water partition coefficient (Wildman–Crippen LogP) is 8.71.